The van der Waals surface area contributed by atoms with E-state index in [9.17, 15) is 8.42 Å². The predicted octanol–water partition coefficient (Wildman–Crippen LogP) is 4.23. The molecule has 0 atom stereocenters. The van der Waals surface area contributed by atoms with Crippen LogP contribution in [0.15, 0.2) is 24.4 Å². The van der Waals surface area contributed by atoms with Gasteiger partial charge in [-0.1, -0.05) is 51.0 Å². The average Bonchev–Trinajstić information content (AvgIpc) is 3.02. The van der Waals surface area contributed by atoms with Crippen molar-refractivity contribution >= 4 is 44.1 Å². The first kappa shape index (κ1) is 23.6. The van der Waals surface area contributed by atoms with Crippen LogP contribution in [0.25, 0.3) is 11.4 Å². The molecular formula is C17H28ClN5O2S2. The van der Waals surface area contributed by atoms with Crippen LogP contribution in [0.1, 0.15) is 40.0 Å². The molecule has 0 radical (unpaired) electrons. The molecule has 0 bridgehead atoms. The number of anilines is 2. The molecule has 27 heavy (non-hydrogen) atoms. The van der Waals surface area contributed by atoms with Gasteiger partial charge in [0.05, 0.1) is 5.69 Å². The summed E-state index contributed by atoms with van der Waals surface area (Å²) >= 11 is 1.30. The summed E-state index contributed by atoms with van der Waals surface area (Å²) in [5.41, 5.74) is 1.39. The summed E-state index contributed by atoms with van der Waals surface area (Å²) in [5, 5.41) is 4.55. The molecule has 152 valence electrons. The van der Waals surface area contributed by atoms with Crippen LogP contribution >= 0.6 is 23.7 Å². The van der Waals surface area contributed by atoms with Crippen molar-refractivity contribution in [3.05, 3.63) is 24.4 Å². The third-order valence-electron chi connectivity index (χ3n) is 3.86. The van der Waals surface area contributed by atoms with Crippen molar-refractivity contribution in [3.8, 4) is 11.4 Å². The molecule has 7 nitrogen and oxygen atoms in total. The Bertz CT molecular complexity index is 780. The summed E-state index contributed by atoms with van der Waals surface area (Å²) in [6.07, 6.45) is 5.05. The number of aromatic nitrogens is 2. The molecule has 0 aromatic carbocycles. The topological polar surface area (TPSA) is 87.2 Å². The van der Waals surface area contributed by atoms with Crippen molar-refractivity contribution in [2.75, 3.05) is 29.7 Å². The lowest BCUT2D eigenvalue weighted by Gasteiger charge is -2.17. The maximum Gasteiger partial charge on any atom is 0.303 e. The highest BCUT2D eigenvalue weighted by molar-refractivity contribution is 7.90. The zero-order valence-electron chi connectivity index (χ0n) is 15.9. The molecule has 0 saturated heterocycles. The largest absolute Gasteiger partial charge is 0.375 e. The Hall–Kier alpha value is -1.42. The normalized spacial score (nSPS) is 11.3. The Balaban J connectivity index is 0.00000364. The van der Waals surface area contributed by atoms with Crippen LogP contribution in [0, 0.1) is 0 Å². The van der Waals surface area contributed by atoms with Gasteiger partial charge in [-0.05, 0) is 18.6 Å². The van der Waals surface area contributed by atoms with Crippen LogP contribution < -0.4 is 10.0 Å². The summed E-state index contributed by atoms with van der Waals surface area (Å²) < 4.78 is 28.9. The van der Waals surface area contributed by atoms with E-state index >= 15 is 0 Å². The maximum absolute atomic E-state index is 12.5. The minimum absolute atomic E-state index is 0. The average molecular weight is 434 g/mol. The fourth-order valence-electron chi connectivity index (χ4n) is 2.48. The van der Waals surface area contributed by atoms with Gasteiger partial charge in [-0.2, -0.15) is 12.7 Å². The van der Waals surface area contributed by atoms with Crippen molar-refractivity contribution in [3.63, 3.8) is 0 Å². The number of halogens is 1. The van der Waals surface area contributed by atoms with Gasteiger partial charge in [0.25, 0.3) is 0 Å². The minimum Gasteiger partial charge on any atom is -0.375 e. The fourth-order valence-corrected chi connectivity index (χ4v) is 4.78. The molecule has 2 heterocycles. The lowest BCUT2D eigenvalue weighted by Crippen LogP contribution is -2.35. The van der Waals surface area contributed by atoms with Crippen LogP contribution in [-0.4, -0.2) is 42.3 Å². The van der Waals surface area contributed by atoms with E-state index in [2.05, 4.69) is 26.9 Å². The van der Waals surface area contributed by atoms with E-state index in [1.807, 2.05) is 32.0 Å². The van der Waals surface area contributed by atoms with Crippen LogP contribution in [0.2, 0.25) is 0 Å². The lowest BCUT2D eigenvalue weighted by atomic mass is 10.2. The molecule has 0 aliphatic rings. The number of rotatable bonds is 11. The molecular weight excluding hydrogens is 406 g/mol. The highest BCUT2D eigenvalue weighted by Gasteiger charge is 2.22. The zero-order valence-corrected chi connectivity index (χ0v) is 18.4. The minimum atomic E-state index is -3.61. The molecule has 0 saturated carbocycles. The van der Waals surface area contributed by atoms with E-state index in [0.29, 0.717) is 23.9 Å². The molecule has 0 spiro atoms. The monoisotopic (exact) mass is 433 g/mol. The number of hydrogen-bond acceptors (Lipinski definition) is 6. The van der Waals surface area contributed by atoms with Crippen molar-refractivity contribution in [1.29, 1.82) is 0 Å². The van der Waals surface area contributed by atoms with Crippen molar-refractivity contribution in [2.24, 2.45) is 0 Å². The van der Waals surface area contributed by atoms with Gasteiger partial charge in [0, 0.05) is 25.8 Å². The van der Waals surface area contributed by atoms with Gasteiger partial charge in [0.15, 0.2) is 5.13 Å². The molecule has 2 aromatic heterocycles. The van der Waals surface area contributed by atoms with Gasteiger partial charge in [-0.25, -0.2) is 9.71 Å². The van der Waals surface area contributed by atoms with E-state index in [0.717, 1.165) is 36.5 Å². The predicted molar refractivity (Wildman–Crippen MR) is 116 cm³/mol. The zero-order chi connectivity index (χ0) is 19.0. The summed E-state index contributed by atoms with van der Waals surface area (Å²) in [6, 6.07) is 5.60. The quantitative estimate of drug-likeness (QED) is 0.518. The Labute approximate surface area is 172 Å². The Morgan fingerprint density at radius 2 is 1.89 bits per heavy atom. The first-order valence-corrected chi connectivity index (χ1v) is 11.2. The number of unbranched alkanes of at least 4 members (excludes halogenated alkanes) is 2. The lowest BCUT2D eigenvalue weighted by molar-refractivity contribution is 0.449. The summed E-state index contributed by atoms with van der Waals surface area (Å²) in [6.45, 7) is 7.41. The number of pyridine rings is 1. The summed E-state index contributed by atoms with van der Waals surface area (Å²) in [7, 11) is -3.61. The van der Waals surface area contributed by atoms with Crippen LogP contribution in [0.5, 0.6) is 0 Å². The second-order valence-electron chi connectivity index (χ2n) is 5.74. The van der Waals surface area contributed by atoms with Gasteiger partial charge < -0.3 is 5.32 Å². The fraction of sp³-hybridized carbons (Fsp3) is 0.529. The van der Waals surface area contributed by atoms with Gasteiger partial charge in [-0.15, -0.1) is 12.4 Å². The van der Waals surface area contributed by atoms with E-state index < -0.39 is 10.2 Å². The first-order chi connectivity index (χ1) is 12.5. The third kappa shape index (κ3) is 6.60. The number of hydrogen-bond donors (Lipinski definition) is 2. The SMILES string of the molecule is CCCCCNc1sc(NS(=O)(=O)N(CC)CC)nc1-c1ccccn1.Cl. The molecule has 2 aromatic rings. The molecule has 0 fully saturated rings. The smallest absolute Gasteiger partial charge is 0.303 e. The van der Waals surface area contributed by atoms with E-state index in [1.165, 1.54) is 15.6 Å². The Morgan fingerprint density at radius 1 is 1.15 bits per heavy atom. The number of thiazole rings is 1. The Morgan fingerprint density at radius 3 is 2.48 bits per heavy atom. The van der Waals surface area contributed by atoms with E-state index in [1.54, 1.807) is 6.20 Å². The van der Waals surface area contributed by atoms with Crippen molar-refractivity contribution in [1.82, 2.24) is 14.3 Å². The van der Waals surface area contributed by atoms with Crippen LogP contribution in [-0.2, 0) is 10.2 Å². The molecule has 0 aliphatic carbocycles. The standard InChI is InChI=1S/C17H27N5O2S2.ClH/c1-4-7-9-13-19-16-15(14-11-8-10-12-18-14)20-17(25-16)21-26(23,24)22(5-2)6-3;/h8,10-12,19H,4-7,9,13H2,1-3H3,(H,20,21);1H. The van der Waals surface area contributed by atoms with Crippen molar-refractivity contribution < 1.29 is 8.42 Å². The highest BCUT2D eigenvalue weighted by atomic mass is 35.5. The molecule has 0 amide bonds. The van der Waals surface area contributed by atoms with Crippen LogP contribution in [0.3, 0.4) is 0 Å². The second-order valence-corrected chi connectivity index (χ2v) is 8.41. The van der Waals surface area contributed by atoms with E-state index in [4.69, 9.17) is 0 Å². The number of nitrogens with one attached hydrogen (secondary N) is 2. The van der Waals surface area contributed by atoms with Gasteiger partial charge in [0.2, 0.25) is 0 Å². The molecule has 10 heteroatoms. The highest BCUT2D eigenvalue weighted by Crippen LogP contribution is 2.35. The van der Waals surface area contributed by atoms with Gasteiger partial charge >= 0.3 is 10.2 Å². The molecule has 2 N–H and O–H groups in total. The first-order valence-electron chi connectivity index (χ1n) is 8.95. The third-order valence-corrected chi connectivity index (χ3v) is 6.57. The van der Waals surface area contributed by atoms with Gasteiger partial charge in [-0.3, -0.25) is 4.98 Å². The molecule has 0 aliphatic heterocycles. The second kappa shape index (κ2) is 11.4. The van der Waals surface area contributed by atoms with Crippen molar-refractivity contribution in [2.45, 2.75) is 40.0 Å². The molecule has 2 rings (SSSR count). The molecule has 0 unspecified atom stereocenters. The Kier molecular flexibility index (Phi) is 10.00. The maximum atomic E-state index is 12.5. The van der Waals surface area contributed by atoms with Crippen LogP contribution in [0.4, 0.5) is 10.1 Å². The summed E-state index contributed by atoms with van der Waals surface area (Å²) in [4.78, 5) is 8.84. The summed E-state index contributed by atoms with van der Waals surface area (Å²) in [5.74, 6) is 0. The number of nitrogens with zero attached hydrogens (tertiary/aromatic N) is 3. The van der Waals surface area contributed by atoms with Gasteiger partial charge in [0.1, 0.15) is 10.7 Å². The van der Waals surface area contributed by atoms with E-state index in [-0.39, 0.29) is 12.4 Å².